The summed E-state index contributed by atoms with van der Waals surface area (Å²) in [5.74, 6) is -3.09. The zero-order valence-corrected chi connectivity index (χ0v) is 12.4. The average Bonchev–Trinajstić information content (AvgIpc) is 2.40. The number of carboxylic acids is 2. The minimum atomic E-state index is -2.17. The smallest absolute Gasteiger partial charge is 0.381 e. The Bertz CT molecular complexity index is 193. The van der Waals surface area contributed by atoms with Gasteiger partial charge in [0.05, 0.1) is 0 Å². The molecule has 0 atom stereocenters. The van der Waals surface area contributed by atoms with Gasteiger partial charge < -0.3 is 10.2 Å². The molecule has 1 heterocycles. The molecule has 0 saturated carbocycles. The fraction of sp³-hybridized carbons (Fsp3) is 0.333. The van der Waals surface area contributed by atoms with E-state index in [2.05, 4.69) is 10.2 Å². The Balaban J connectivity index is 0. The minimum Gasteiger partial charge on any atom is -0.477 e. The molecule has 6 nitrogen and oxygen atoms in total. The third kappa shape index (κ3) is 3.21. The summed E-state index contributed by atoms with van der Waals surface area (Å²) in [5, 5.41) is 21.9. The van der Waals surface area contributed by atoms with Crippen molar-refractivity contribution in [2.24, 2.45) is 10.2 Å². The predicted octanol–water partition coefficient (Wildman–Crippen LogP) is -1.44. The van der Waals surface area contributed by atoms with Crippen molar-refractivity contribution in [3.05, 3.63) is 0 Å². The fourth-order valence-electron chi connectivity index (χ4n) is 0.313. The van der Waals surface area contributed by atoms with E-state index in [0.717, 1.165) is 0 Å². The van der Waals surface area contributed by atoms with Crippen molar-refractivity contribution in [2.75, 3.05) is 0 Å². The molecule has 0 aromatic rings. The van der Waals surface area contributed by atoms with Crippen molar-refractivity contribution in [1.29, 1.82) is 0 Å². The summed E-state index contributed by atoms with van der Waals surface area (Å²) < 4.78 is 0. The first-order valence-electron chi connectivity index (χ1n) is 2.00. The first-order chi connectivity index (χ1) is 4.09. The Morgan fingerprint density at radius 3 is 1.27 bits per heavy atom. The molecule has 2 radical (unpaired) electrons. The van der Waals surface area contributed by atoms with Crippen molar-refractivity contribution in [2.45, 2.75) is 5.66 Å². The van der Waals surface area contributed by atoms with Gasteiger partial charge in [0.2, 0.25) is 0 Å². The third-order valence-electron chi connectivity index (χ3n) is 0.896. The molecule has 0 unspecified atom stereocenters. The molecule has 0 aliphatic carbocycles. The van der Waals surface area contributed by atoms with E-state index in [0.29, 0.717) is 0 Å². The van der Waals surface area contributed by atoms with Gasteiger partial charge in [0, 0.05) is 103 Å². The van der Waals surface area contributed by atoms with Crippen LogP contribution in [-0.2, 0) is 9.59 Å². The van der Waals surface area contributed by atoms with Crippen LogP contribution in [0.25, 0.3) is 0 Å². The Morgan fingerprint density at radius 1 is 1.00 bits per heavy atom. The molecule has 1 rings (SSSR count). The van der Waals surface area contributed by atoms with E-state index in [1.54, 1.807) is 0 Å². The van der Waals surface area contributed by atoms with Crippen LogP contribution in [0.5, 0.6) is 0 Å². The van der Waals surface area contributed by atoms with Crippen LogP contribution in [0, 0.1) is 0 Å². The Morgan fingerprint density at radius 2 is 1.27 bits per heavy atom. The van der Waals surface area contributed by atoms with Crippen LogP contribution in [0.2, 0.25) is 0 Å². The van der Waals surface area contributed by atoms with Crippen LogP contribution in [0.1, 0.15) is 0 Å². The van der Waals surface area contributed by atoms with Crippen LogP contribution >= 0.6 is 0 Å². The predicted molar refractivity (Wildman–Crippen MR) is 34.4 cm³/mol. The Hall–Kier alpha value is 1.81. The largest absolute Gasteiger partial charge is 0.477 e. The van der Waals surface area contributed by atoms with Gasteiger partial charge in [-0.1, -0.05) is 0 Å². The summed E-state index contributed by atoms with van der Waals surface area (Å²) in [5.41, 5.74) is -2.17. The van der Waals surface area contributed by atoms with E-state index in [1.165, 1.54) is 0 Å². The molecule has 0 fully saturated rings. The van der Waals surface area contributed by atoms with Crippen molar-refractivity contribution >= 4 is 115 Å². The first kappa shape index (κ1) is 15.3. The molecular weight excluding hydrogens is 206 g/mol. The number of carbonyl (C=O) groups is 2. The molecule has 0 spiro atoms. The van der Waals surface area contributed by atoms with Gasteiger partial charge in [-0.3, -0.25) is 0 Å². The maximum absolute atomic E-state index is 9.96. The van der Waals surface area contributed by atoms with Gasteiger partial charge >= 0.3 is 17.6 Å². The fourth-order valence-corrected chi connectivity index (χ4v) is 0.313. The summed E-state index contributed by atoms with van der Waals surface area (Å²) in [4.78, 5) is 19.9. The van der Waals surface area contributed by atoms with Crippen LogP contribution in [0.15, 0.2) is 10.2 Å². The zero-order valence-electron chi connectivity index (χ0n) is 6.11. The molecule has 0 saturated heterocycles. The van der Waals surface area contributed by atoms with Crippen LogP contribution in [0.3, 0.4) is 0 Å². The summed E-state index contributed by atoms with van der Waals surface area (Å²) >= 11 is 0. The zero-order chi connectivity index (χ0) is 7.07. The summed E-state index contributed by atoms with van der Waals surface area (Å²) in [7, 11) is 0. The SMILES string of the molecule is O=C(O)C1(C(=O)O)N=N1.[K].[K]. The van der Waals surface area contributed by atoms with Gasteiger partial charge in [0.1, 0.15) is 0 Å². The second-order valence-electron chi connectivity index (χ2n) is 1.48. The Labute approximate surface area is 147 Å². The number of rotatable bonds is 2. The average molecular weight is 208 g/mol. The summed E-state index contributed by atoms with van der Waals surface area (Å²) in [6, 6.07) is 0. The minimum absolute atomic E-state index is 0. The van der Waals surface area contributed by atoms with Gasteiger partial charge in [-0.25, -0.2) is 9.59 Å². The molecule has 0 bridgehead atoms. The van der Waals surface area contributed by atoms with Gasteiger partial charge in [-0.15, -0.1) is 10.2 Å². The van der Waals surface area contributed by atoms with E-state index in [9.17, 15) is 9.59 Å². The first-order valence-corrected chi connectivity index (χ1v) is 2.00. The molecule has 1 aliphatic rings. The van der Waals surface area contributed by atoms with Gasteiger partial charge in [0.15, 0.2) is 0 Å². The van der Waals surface area contributed by atoms with Crippen molar-refractivity contribution in [1.82, 2.24) is 0 Å². The number of nitrogens with zero attached hydrogens (tertiary/aromatic N) is 2. The molecular formula is C3H2K2N2O4. The normalized spacial score (nSPS) is 15.6. The molecule has 0 aromatic heterocycles. The van der Waals surface area contributed by atoms with Crippen LogP contribution in [-0.4, -0.2) is 131 Å². The molecule has 1 aliphatic heterocycles. The molecule has 11 heavy (non-hydrogen) atoms. The van der Waals surface area contributed by atoms with Crippen LogP contribution < -0.4 is 0 Å². The molecule has 0 amide bonds. The molecule has 0 aromatic carbocycles. The van der Waals surface area contributed by atoms with E-state index >= 15 is 0 Å². The second-order valence-corrected chi connectivity index (χ2v) is 1.48. The van der Waals surface area contributed by atoms with E-state index in [4.69, 9.17) is 10.2 Å². The van der Waals surface area contributed by atoms with E-state index < -0.39 is 17.6 Å². The number of hydrogen-bond acceptors (Lipinski definition) is 4. The van der Waals surface area contributed by atoms with Gasteiger partial charge in [0.25, 0.3) is 0 Å². The third-order valence-corrected chi connectivity index (χ3v) is 0.896. The molecule has 50 valence electrons. The maximum atomic E-state index is 9.96. The van der Waals surface area contributed by atoms with E-state index in [1.807, 2.05) is 0 Å². The number of carboxylic acid groups (broad SMARTS) is 2. The van der Waals surface area contributed by atoms with Gasteiger partial charge in [-0.2, -0.15) is 0 Å². The maximum Gasteiger partial charge on any atom is 0.381 e. The molecule has 8 heteroatoms. The van der Waals surface area contributed by atoms with Crippen molar-refractivity contribution in [3.63, 3.8) is 0 Å². The molecule has 2 N–H and O–H groups in total. The summed E-state index contributed by atoms with van der Waals surface area (Å²) in [6.45, 7) is 0. The van der Waals surface area contributed by atoms with Crippen LogP contribution in [0.4, 0.5) is 0 Å². The monoisotopic (exact) mass is 208 g/mol. The number of hydrogen-bond donors (Lipinski definition) is 2. The quantitative estimate of drug-likeness (QED) is 0.428. The van der Waals surface area contributed by atoms with Crippen molar-refractivity contribution < 1.29 is 19.8 Å². The van der Waals surface area contributed by atoms with Gasteiger partial charge in [-0.05, 0) is 0 Å². The second kappa shape index (κ2) is 5.52. The topological polar surface area (TPSA) is 99.3 Å². The summed E-state index contributed by atoms with van der Waals surface area (Å²) in [6.07, 6.45) is 0. The van der Waals surface area contributed by atoms with E-state index in [-0.39, 0.29) is 103 Å². The number of aliphatic carboxylic acids is 2. The van der Waals surface area contributed by atoms with Crippen molar-refractivity contribution in [3.8, 4) is 0 Å². The Kier molecular flexibility index (Phi) is 7.68. The standard InChI is InChI=1S/C3H2N2O4.2K/c6-1(7)3(2(8)9)4-5-3;;/h(H,6,7)(H,8,9);;.